The van der Waals surface area contributed by atoms with Gasteiger partial charge in [0.05, 0.1) is 6.10 Å². The van der Waals surface area contributed by atoms with Crippen LogP contribution in [0.2, 0.25) is 0 Å². The van der Waals surface area contributed by atoms with Crippen molar-refractivity contribution >= 4 is 16.9 Å². The van der Waals surface area contributed by atoms with Gasteiger partial charge in [-0.3, -0.25) is 4.79 Å². The van der Waals surface area contributed by atoms with E-state index in [-0.39, 0.29) is 23.6 Å². The van der Waals surface area contributed by atoms with E-state index in [0.717, 1.165) is 0 Å². The van der Waals surface area contributed by atoms with E-state index in [1.165, 1.54) is 12.4 Å². The monoisotopic (exact) mass is 260 g/mol. The van der Waals surface area contributed by atoms with E-state index in [2.05, 4.69) is 16.5 Å². The van der Waals surface area contributed by atoms with Gasteiger partial charge in [-0.2, -0.15) is 0 Å². The number of nitrogen functional groups attached to an aromatic ring is 1. The highest BCUT2D eigenvalue weighted by Gasteiger charge is 2.13. The van der Waals surface area contributed by atoms with Gasteiger partial charge in [-0.25, -0.2) is 9.97 Å². The molecule has 0 spiro atoms. The third kappa shape index (κ3) is 2.48. The van der Waals surface area contributed by atoms with Crippen LogP contribution in [0.3, 0.4) is 0 Å². The number of rotatable bonds is 4. The zero-order chi connectivity index (χ0) is 14.0. The second kappa shape index (κ2) is 5.19. The number of nitrogens with two attached hydrogens (primary N) is 1. The molecular formula is C13H16N4O2. The molecule has 0 aliphatic rings. The van der Waals surface area contributed by atoms with Gasteiger partial charge in [-0.15, -0.1) is 6.58 Å². The maximum absolute atomic E-state index is 11.8. The van der Waals surface area contributed by atoms with Gasteiger partial charge in [0.2, 0.25) is 0 Å². The van der Waals surface area contributed by atoms with Crippen molar-refractivity contribution in [2.45, 2.75) is 26.2 Å². The quantitative estimate of drug-likeness (QED) is 0.842. The van der Waals surface area contributed by atoms with Crippen molar-refractivity contribution < 1.29 is 4.74 Å². The van der Waals surface area contributed by atoms with Crippen LogP contribution in [-0.4, -0.2) is 20.6 Å². The number of ether oxygens (including phenoxy) is 1. The van der Waals surface area contributed by atoms with Gasteiger partial charge >= 0.3 is 0 Å². The Morgan fingerprint density at radius 3 is 2.89 bits per heavy atom. The molecule has 6 nitrogen and oxygen atoms in total. The lowest BCUT2D eigenvalue weighted by molar-refractivity contribution is -0.00941. The first-order valence-corrected chi connectivity index (χ1v) is 5.94. The van der Waals surface area contributed by atoms with Crippen LogP contribution in [-0.2, 0) is 4.74 Å². The van der Waals surface area contributed by atoms with Crippen molar-refractivity contribution in [2.24, 2.45) is 0 Å². The Hall–Kier alpha value is -2.21. The fourth-order valence-electron chi connectivity index (χ4n) is 1.85. The molecule has 2 N–H and O–H groups in total. The van der Waals surface area contributed by atoms with Crippen LogP contribution in [0.1, 0.15) is 20.1 Å². The lowest BCUT2D eigenvalue weighted by Gasteiger charge is -2.21. The van der Waals surface area contributed by atoms with Crippen LogP contribution in [0.5, 0.6) is 0 Å². The summed E-state index contributed by atoms with van der Waals surface area (Å²) in [4.78, 5) is 19.8. The Morgan fingerprint density at radius 2 is 2.21 bits per heavy atom. The van der Waals surface area contributed by atoms with Crippen LogP contribution >= 0.6 is 0 Å². The number of pyridine rings is 1. The first-order valence-electron chi connectivity index (χ1n) is 5.94. The molecule has 0 aromatic carbocycles. The largest absolute Gasteiger partial charge is 0.383 e. The minimum atomic E-state index is -0.301. The summed E-state index contributed by atoms with van der Waals surface area (Å²) in [6, 6.07) is 1.43. The van der Waals surface area contributed by atoms with Crippen LogP contribution in [0, 0.1) is 0 Å². The van der Waals surface area contributed by atoms with Crippen LogP contribution in [0.25, 0.3) is 11.0 Å². The summed E-state index contributed by atoms with van der Waals surface area (Å²) in [5.74, 6) is 0.174. The van der Waals surface area contributed by atoms with Crippen molar-refractivity contribution in [3.63, 3.8) is 0 Å². The number of hydrogen-bond acceptors (Lipinski definition) is 5. The molecule has 2 rings (SSSR count). The topological polar surface area (TPSA) is 83.0 Å². The van der Waals surface area contributed by atoms with Crippen molar-refractivity contribution in [3.8, 4) is 0 Å². The van der Waals surface area contributed by atoms with Crippen molar-refractivity contribution in [1.82, 2.24) is 14.5 Å². The molecule has 2 aromatic rings. The van der Waals surface area contributed by atoms with Crippen molar-refractivity contribution in [1.29, 1.82) is 0 Å². The standard InChI is InChI=1S/C13H16N4O2/c1-4-8(2)19-9(3)17-6-5-10(18)11-12(14)15-7-16-13(11)17/h4-9H,1H2,2-3H3,(H2,14,15,16). The molecule has 6 heteroatoms. The highest BCUT2D eigenvalue weighted by Crippen LogP contribution is 2.18. The molecule has 0 bridgehead atoms. The summed E-state index contributed by atoms with van der Waals surface area (Å²) in [5.41, 5.74) is 5.99. The Balaban J connectivity index is 2.56. The van der Waals surface area contributed by atoms with E-state index in [4.69, 9.17) is 10.5 Å². The number of anilines is 1. The molecule has 0 radical (unpaired) electrons. The smallest absolute Gasteiger partial charge is 0.194 e. The predicted molar refractivity (Wildman–Crippen MR) is 73.7 cm³/mol. The lowest BCUT2D eigenvalue weighted by atomic mass is 10.3. The number of aromatic nitrogens is 3. The lowest BCUT2D eigenvalue weighted by Crippen LogP contribution is -2.19. The molecular weight excluding hydrogens is 244 g/mol. The molecule has 2 heterocycles. The van der Waals surface area contributed by atoms with Gasteiger partial charge in [0, 0.05) is 12.3 Å². The Labute approximate surface area is 110 Å². The van der Waals surface area contributed by atoms with Gasteiger partial charge in [0.1, 0.15) is 23.8 Å². The SMILES string of the molecule is C=CC(C)OC(C)n1ccc(=O)c2c(N)ncnc21. The molecule has 2 unspecified atom stereocenters. The first-order chi connectivity index (χ1) is 9.04. The molecule has 0 aliphatic carbocycles. The summed E-state index contributed by atoms with van der Waals surface area (Å²) in [6.45, 7) is 7.42. The summed E-state index contributed by atoms with van der Waals surface area (Å²) in [7, 11) is 0. The third-order valence-electron chi connectivity index (χ3n) is 2.87. The van der Waals surface area contributed by atoms with E-state index in [1.807, 2.05) is 13.8 Å². The maximum atomic E-state index is 11.8. The number of nitrogens with zero attached hydrogens (tertiary/aromatic N) is 3. The van der Waals surface area contributed by atoms with Gasteiger partial charge in [-0.1, -0.05) is 6.08 Å². The van der Waals surface area contributed by atoms with E-state index in [1.54, 1.807) is 16.8 Å². The zero-order valence-corrected chi connectivity index (χ0v) is 10.9. The molecule has 0 aliphatic heterocycles. The average Bonchev–Trinajstić information content (AvgIpc) is 2.38. The van der Waals surface area contributed by atoms with E-state index in [0.29, 0.717) is 11.0 Å². The normalized spacial score (nSPS) is 14.2. The third-order valence-corrected chi connectivity index (χ3v) is 2.87. The van der Waals surface area contributed by atoms with Crippen molar-refractivity contribution in [3.05, 3.63) is 41.5 Å². The first kappa shape index (κ1) is 13.2. The fourth-order valence-corrected chi connectivity index (χ4v) is 1.85. The molecule has 100 valence electrons. The van der Waals surface area contributed by atoms with Gasteiger partial charge in [0.25, 0.3) is 0 Å². The Kier molecular flexibility index (Phi) is 3.62. The van der Waals surface area contributed by atoms with E-state index >= 15 is 0 Å². The van der Waals surface area contributed by atoms with Gasteiger partial charge < -0.3 is 15.0 Å². The highest BCUT2D eigenvalue weighted by molar-refractivity contribution is 5.84. The predicted octanol–water partition coefficient (Wildman–Crippen LogP) is 1.48. The number of fused-ring (bicyclic) bond motifs is 1. The fraction of sp³-hybridized carbons (Fsp3) is 0.308. The van der Waals surface area contributed by atoms with Crippen LogP contribution in [0.4, 0.5) is 5.82 Å². The summed E-state index contributed by atoms with van der Waals surface area (Å²) >= 11 is 0. The highest BCUT2D eigenvalue weighted by atomic mass is 16.5. The minimum Gasteiger partial charge on any atom is -0.383 e. The molecule has 2 aromatic heterocycles. The summed E-state index contributed by atoms with van der Waals surface area (Å²) < 4.78 is 7.46. The zero-order valence-electron chi connectivity index (χ0n) is 10.9. The van der Waals surface area contributed by atoms with E-state index < -0.39 is 0 Å². The molecule has 19 heavy (non-hydrogen) atoms. The van der Waals surface area contributed by atoms with E-state index in [9.17, 15) is 4.79 Å². The molecule has 0 fully saturated rings. The van der Waals surface area contributed by atoms with Crippen molar-refractivity contribution in [2.75, 3.05) is 5.73 Å². The van der Waals surface area contributed by atoms with Crippen LogP contribution < -0.4 is 11.2 Å². The average molecular weight is 260 g/mol. The Bertz CT molecular complexity index is 665. The number of hydrogen-bond donors (Lipinski definition) is 1. The molecule has 0 saturated heterocycles. The molecule has 0 saturated carbocycles. The molecule has 0 amide bonds. The summed E-state index contributed by atoms with van der Waals surface area (Å²) in [6.07, 6.45) is 4.26. The Morgan fingerprint density at radius 1 is 1.47 bits per heavy atom. The van der Waals surface area contributed by atoms with Crippen LogP contribution in [0.15, 0.2) is 36.0 Å². The van der Waals surface area contributed by atoms with Gasteiger partial charge in [-0.05, 0) is 13.8 Å². The minimum absolute atomic E-state index is 0.108. The maximum Gasteiger partial charge on any atom is 0.194 e. The molecule has 2 atom stereocenters. The second-order valence-corrected chi connectivity index (χ2v) is 4.22. The van der Waals surface area contributed by atoms with Gasteiger partial charge in [0.15, 0.2) is 11.1 Å². The summed E-state index contributed by atoms with van der Waals surface area (Å²) in [5, 5.41) is 0.312. The second-order valence-electron chi connectivity index (χ2n) is 4.22.